The van der Waals surface area contributed by atoms with E-state index in [-0.39, 0.29) is 17.5 Å². The second-order valence-corrected chi connectivity index (χ2v) is 6.04. The van der Waals surface area contributed by atoms with Crippen molar-refractivity contribution >= 4 is 5.97 Å². The fourth-order valence-corrected chi connectivity index (χ4v) is 3.79. The van der Waals surface area contributed by atoms with Crippen LogP contribution in [0.1, 0.15) is 46.5 Å². The van der Waals surface area contributed by atoms with E-state index in [9.17, 15) is 4.79 Å². The van der Waals surface area contributed by atoms with Gasteiger partial charge in [-0.15, -0.1) is 0 Å². The van der Waals surface area contributed by atoms with Gasteiger partial charge in [0.25, 0.3) is 0 Å². The van der Waals surface area contributed by atoms with Crippen LogP contribution in [0.2, 0.25) is 0 Å². The van der Waals surface area contributed by atoms with E-state index in [1.807, 2.05) is 6.92 Å². The number of allylic oxidation sites excluding steroid dienone is 2. The molecule has 0 aromatic rings. The van der Waals surface area contributed by atoms with Crippen LogP contribution in [0.4, 0.5) is 0 Å². The summed E-state index contributed by atoms with van der Waals surface area (Å²) in [5.41, 5.74) is 3.91. The number of rotatable bonds is 0. The molecule has 2 aliphatic carbocycles. The molecule has 3 atom stereocenters. The predicted octanol–water partition coefficient (Wildman–Crippen LogP) is 3.38. The Morgan fingerprint density at radius 3 is 2.94 bits per heavy atom. The molecule has 0 saturated heterocycles. The van der Waals surface area contributed by atoms with Crippen LogP contribution in [0.3, 0.4) is 0 Å². The third-order valence-electron chi connectivity index (χ3n) is 5.25. The zero-order valence-corrected chi connectivity index (χ0v) is 10.9. The maximum Gasteiger partial charge on any atom is 0.334 e. The molecule has 2 nitrogen and oxygen atoms in total. The minimum atomic E-state index is -0.0890. The van der Waals surface area contributed by atoms with Crippen molar-refractivity contribution in [2.75, 3.05) is 0 Å². The van der Waals surface area contributed by atoms with Crippen LogP contribution in [-0.4, -0.2) is 12.1 Å². The average molecular weight is 232 g/mol. The van der Waals surface area contributed by atoms with Gasteiger partial charge in [0.1, 0.15) is 6.10 Å². The van der Waals surface area contributed by atoms with E-state index in [1.165, 1.54) is 24.0 Å². The molecular formula is C15H20O2. The van der Waals surface area contributed by atoms with Crippen LogP contribution in [0, 0.1) is 11.3 Å². The van der Waals surface area contributed by atoms with E-state index in [1.54, 1.807) is 0 Å². The number of ether oxygens (including phenoxy) is 1. The Hall–Kier alpha value is -1.05. The van der Waals surface area contributed by atoms with Gasteiger partial charge in [0, 0.05) is 5.57 Å². The molecule has 0 amide bonds. The Morgan fingerprint density at radius 2 is 2.18 bits per heavy atom. The van der Waals surface area contributed by atoms with Crippen molar-refractivity contribution < 1.29 is 9.53 Å². The van der Waals surface area contributed by atoms with Gasteiger partial charge in [-0.2, -0.15) is 0 Å². The van der Waals surface area contributed by atoms with E-state index >= 15 is 0 Å². The van der Waals surface area contributed by atoms with E-state index in [4.69, 9.17) is 4.74 Å². The molecular weight excluding hydrogens is 212 g/mol. The highest BCUT2D eigenvalue weighted by Gasteiger charge is 2.48. The van der Waals surface area contributed by atoms with E-state index < -0.39 is 0 Å². The predicted molar refractivity (Wildman–Crippen MR) is 66.4 cm³/mol. The quantitative estimate of drug-likeness (QED) is 0.472. The standard InChI is InChI=1S/C15H20O2/c1-9-5-4-6-11-7-13-12(8-15(9,11)3)10(2)14(16)17-13/h5,11,13H,4,6-8H2,1-3H3/t11-,13-,15-/m1/s1. The molecule has 0 radical (unpaired) electrons. The summed E-state index contributed by atoms with van der Waals surface area (Å²) in [5, 5.41) is 0. The molecule has 0 bridgehead atoms. The molecule has 1 aliphatic heterocycles. The Balaban J connectivity index is 2.01. The lowest BCUT2D eigenvalue weighted by molar-refractivity contribution is -0.141. The number of carbonyl (C=O) groups excluding carboxylic acids is 1. The van der Waals surface area contributed by atoms with Gasteiger partial charge >= 0.3 is 5.97 Å². The van der Waals surface area contributed by atoms with Crippen LogP contribution in [0.15, 0.2) is 22.8 Å². The first-order valence-corrected chi connectivity index (χ1v) is 6.60. The molecule has 1 fully saturated rings. The smallest absolute Gasteiger partial charge is 0.334 e. The van der Waals surface area contributed by atoms with Crippen LogP contribution in [0.25, 0.3) is 0 Å². The molecule has 3 rings (SSSR count). The third-order valence-corrected chi connectivity index (χ3v) is 5.25. The molecule has 17 heavy (non-hydrogen) atoms. The third kappa shape index (κ3) is 1.42. The number of carbonyl (C=O) groups is 1. The molecule has 1 saturated carbocycles. The second-order valence-electron chi connectivity index (χ2n) is 6.04. The zero-order chi connectivity index (χ0) is 12.2. The summed E-state index contributed by atoms with van der Waals surface area (Å²) in [4.78, 5) is 11.6. The van der Waals surface area contributed by atoms with E-state index in [0.29, 0.717) is 5.92 Å². The van der Waals surface area contributed by atoms with Gasteiger partial charge in [0.2, 0.25) is 0 Å². The molecule has 92 valence electrons. The van der Waals surface area contributed by atoms with Crippen molar-refractivity contribution in [2.24, 2.45) is 11.3 Å². The Bertz CT molecular complexity index is 444. The van der Waals surface area contributed by atoms with Gasteiger partial charge in [0.15, 0.2) is 0 Å². The molecule has 0 N–H and O–H groups in total. The Kier molecular flexibility index (Phi) is 2.26. The first-order valence-electron chi connectivity index (χ1n) is 6.60. The first kappa shape index (κ1) is 11.1. The molecule has 0 spiro atoms. The first-order chi connectivity index (χ1) is 8.02. The fraction of sp³-hybridized carbons (Fsp3) is 0.667. The van der Waals surface area contributed by atoms with Crippen LogP contribution in [0.5, 0.6) is 0 Å². The molecule has 2 heteroatoms. The maximum absolute atomic E-state index is 11.6. The largest absolute Gasteiger partial charge is 0.454 e. The summed E-state index contributed by atoms with van der Waals surface area (Å²) in [5.74, 6) is 0.592. The van der Waals surface area contributed by atoms with Crippen LogP contribution >= 0.6 is 0 Å². The van der Waals surface area contributed by atoms with Crippen LogP contribution in [-0.2, 0) is 9.53 Å². The summed E-state index contributed by atoms with van der Waals surface area (Å²) in [7, 11) is 0. The van der Waals surface area contributed by atoms with Crippen molar-refractivity contribution in [3.63, 3.8) is 0 Å². The molecule has 0 unspecified atom stereocenters. The Labute approximate surface area is 103 Å². The molecule has 1 heterocycles. The highest BCUT2D eigenvalue weighted by Crippen LogP contribution is 2.54. The molecule has 0 aromatic heterocycles. The summed E-state index contributed by atoms with van der Waals surface area (Å²) in [6.07, 6.45) is 6.94. The Morgan fingerprint density at radius 1 is 1.41 bits per heavy atom. The summed E-state index contributed by atoms with van der Waals surface area (Å²) >= 11 is 0. The number of esters is 1. The fourth-order valence-electron chi connectivity index (χ4n) is 3.79. The van der Waals surface area contributed by atoms with Crippen LogP contribution < -0.4 is 0 Å². The van der Waals surface area contributed by atoms with Gasteiger partial charge < -0.3 is 4.74 Å². The van der Waals surface area contributed by atoms with Gasteiger partial charge in [0.05, 0.1) is 0 Å². The number of hydrogen-bond acceptors (Lipinski definition) is 2. The van der Waals surface area contributed by atoms with Gasteiger partial charge in [-0.1, -0.05) is 18.6 Å². The lowest BCUT2D eigenvalue weighted by Gasteiger charge is -2.47. The van der Waals surface area contributed by atoms with Gasteiger partial charge in [-0.25, -0.2) is 4.79 Å². The number of hydrogen-bond donors (Lipinski definition) is 0. The minimum absolute atomic E-state index is 0.0890. The number of fused-ring (bicyclic) bond motifs is 2. The van der Waals surface area contributed by atoms with Gasteiger partial charge in [-0.3, -0.25) is 0 Å². The van der Waals surface area contributed by atoms with E-state index in [0.717, 1.165) is 18.4 Å². The molecule has 0 aromatic carbocycles. The molecule has 3 aliphatic rings. The summed E-state index contributed by atoms with van der Waals surface area (Å²) in [6, 6.07) is 0. The SMILES string of the molecule is CC1=CCC[C@@H]2C[C@H]3OC(=O)C(C)=C3C[C@]12C. The summed E-state index contributed by atoms with van der Waals surface area (Å²) < 4.78 is 5.47. The van der Waals surface area contributed by atoms with E-state index in [2.05, 4.69) is 19.9 Å². The van der Waals surface area contributed by atoms with Crippen molar-refractivity contribution in [2.45, 2.75) is 52.6 Å². The highest BCUT2D eigenvalue weighted by atomic mass is 16.5. The second kappa shape index (κ2) is 3.47. The van der Waals surface area contributed by atoms with Crippen molar-refractivity contribution in [3.05, 3.63) is 22.8 Å². The highest BCUT2D eigenvalue weighted by molar-refractivity contribution is 5.91. The lowest BCUT2D eigenvalue weighted by atomic mass is 9.58. The lowest BCUT2D eigenvalue weighted by Crippen LogP contribution is -2.40. The van der Waals surface area contributed by atoms with Crippen molar-refractivity contribution in [1.82, 2.24) is 0 Å². The average Bonchev–Trinajstić information content (AvgIpc) is 2.55. The van der Waals surface area contributed by atoms with Crippen molar-refractivity contribution in [1.29, 1.82) is 0 Å². The monoisotopic (exact) mass is 232 g/mol. The summed E-state index contributed by atoms with van der Waals surface area (Å²) in [6.45, 7) is 6.53. The topological polar surface area (TPSA) is 26.3 Å². The zero-order valence-electron chi connectivity index (χ0n) is 10.9. The van der Waals surface area contributed by atoms with Gasteiger partial charge in [-0.05, 0) is 56.4 Å². The minimum Gasteiger partial charge on any atom is -0.454 e. The maximum atomic E-state index is 11.6. The van der Waals surface area contributed by atoms with Crippen molar-refractivity contribution in [3.8, 4) is 0 Å². The normalized spacial score (nSPS) is 40.6.